The van der Waals surface area contributed by atoms with Crippen molar-refractivity contribution in [1.29, 1.82) is 0 Å². The average molecular weight is 401 g/mol. The molecule has 0 aliphatic heterocycles. The zero-order chi connectivity index (χ0) is 18.8. The summed E-state index contributed by atoms with van der Waals surface area (Å²) >= 11 is 12.1. The number of hydrogen-bond donors (Lipinski definition) is 1. The minimum atomic E-state index is 0.207. The monoisotopic (exact) mass is 400 g/mol. The van der Waals surface area contributed by atoms with Crippen molar-refractivity contribution in [2.24, 2.45) is 0 Å². The quantitative estimate of drug-likeness (QED) is 0.531. The third kappa shape index (κ3) is 4.31. The highest BCUT2D eigenvalue weighted by atomic mass is 35.5. The number of benzene rings is 2. The maximum absolute atomic E-state index is 6.28. The van der Waals surface area contributed by atoms with Crippen LogP contribution in [0.15, 0.2) is 48.7 Å². The van der Waals surface area contributed by atoms with Crippen molar-refractivity contribution < 1.29 is 4.74 Å². The van der Waals surface area contributed by atoms with Crippen LogP contribution in [0.1, 0.15) is 31.2 Å². The van der Waals surface area contributed by atoms with Gasteiger partial charge in [-0.2, -0.15) is 0 Å². The van der Waals surface area contributed by atoms with Crippen LogP contribution in [0.4, 0.5) is 5.69 Å². The van der Waals surface area contributed by atoms with Gasteiger partial charge in [-0.05, 0) is 74.2 Å². The smallest absolute Gasteiger partial charge is 0.122 e. The Morgan fingerprint density at radius 2 is 1.85 bits per heavy atom. The fraction of sp³-hybridized carbons (Fsp3) is 0.318. The summed E-state index contributed by atoms with van der Waals surface area (Å²) in [6, 6.07) is 14.0. The van der Waals surface area contributed by atoms with Gasteiger partial charge in [-0.3, -0.25) is 4.98 Å². The van der Waals surface area contributed by atoms with Crippen LogP contribution in [0, 0.1) is 6.92 Å². The van der Waals surface area contributed by atoms with Crippen LogP contribution in [-0.2, 0) is 0 Å². The summed E-state index contributed by atoms with van der Waals surface area (Å²) in [6.45, 7) is 2.04. The van der Waals surface area contributed by atoms with Crippen LogP contribution in [0.5, 0.6) is 5.75 Å². The lowest BCUT2D eigenvalue weighted by molar-refractivity contribution is 0.147. The summed E-state index contributed by atoms with van der Waals surface area (Å²) < 4.78 is 6.28. The number of nitrogens with zero attached hydrogens (tertiary/aromatic N) is 1. The van der Waals surface area contributed by atoms with E-state index in [0.717, 1.165) is 58.6 Å². The SMILES string of the molecule is Cc1cc(Cl)ccc1OC1CCCC(Nc2ccnc3cc(Cl)ccc23)C1. The Labute approximate surface area is 169 Å². The first kappa shape index (κ1) is 18.4. The summed E-state index contributed by atoms with van der Waals surface area (Å²) in [5, 5.41) is 6.24. The van der Waals surface area contributed by atoms with E-state index in [0.29, 0.717) is 11.1 Å². The van der Waals surface area contributed by atoms with Crippen molar-refractivity contribution in [1.82, 2.24) is 4.98 Å². The number of anilines is 1. The number of nitrogens with one attached hydrogen (secondary N) is 1. The fourth-order valence-electron chi connectivity index (χ4n) is 3.77. The fourth-order valence-corrected chi connectivity index (χ4v) is 4.17. The van der Waals surface area contributed by atoms with E-state index < -0.39 is 0 Å². The highest BCUT2D eigenvalue weighted by Crippen LogP contribution is 2.31. The molecule has 1 saturated carbocycles. The zero-order valence-corrected chi connectivity index (χ0v) is 16.7. The van der Waals surface area contributed by atoms with E-state index in [9.17, 15) is 0 Å². The van der Waals surface area contributed by atoms with Gasteiger partial charge in [0, 0.05) is 39.8 Å². The summed E-state index contributed by atoms with van der Waals surface area (Å²) in [6.07, 6.45) is 6.36. The van der Waals surface area contributed by atoms with E-state index in [1.54, 1.807) is 0 Å². The molecule has 1 aliphatic carbocycles. The molecule has 0 radical (unpaired) electrons. The molecule has 1 aromatic heterocycles. The van der Waals surface area contributed by atoms with Gasteiger partial charge in [0.15, 0.2) is 0 Å². The van der Waals surface area contributed by atoms with E-state index in [4.69, 9.17) is 27.9 Å². The number of rotatable bonds is 4. The van der Waals surface area contributed by atoms with Crippen molar-refractivity contribution in [3.8, 4) is 5.75 Å². The molecular formula is C22H22Cl2N2O. The van der Waals surface area contributed by atoms with Crippen LogP contribution >= 0.6 is 23.2 Å². The molecule has 2 atom stereocenters. The van der Waals surface area contributed by atoms with Crippen molar-refractivity contribution in [2.75, 3.05) is 5.32 Å². The molecule has 0 amide bonds. The van der Waals surface area contributed by atoms with Gasteiger partial charge < -0.3 is 10.1 Å². The number of fused-ring (bicyclic) bond motifs is 1. The number of halogens is 2. The number of pyridine rings is 1. The van der Waals surface area contributed by atoms with Gasteiger partial charge in [0.25, 0.3) is 0 Å². The second-order valence-corrected chi connectivity index (χ2v) is 8.05. The van der Waals surface area contributed by atoms with E-state index >= 15 is 0 Å². The number of aromatic nitrogens is 1. The summed E-state index contributed by atoms with van der Waals surface area (Å²) in [7, 11) is 0. The van der Waals surface area contributed by atoms with Gasteiger partial charge in [-0.15, -0.1) is 0 Å². The predicted molar refractivity (Wildman–Crippen MR) is 113 cm³/mol. The van der Waals surface area contributed by atoms with Crippen molar-refractivity contribution >= 4 is 39.8 Å². The second kappa shape index (κ2) is 7.95. The van der Waals surface area contributed by atoms with Crippen LogP contribution in [0.25, 0.3) is 10.9 Å². The molecule has 3 nitrogen and oxygen atoms in total. The molecule has 140 valence electrons. The molecule has 1 heterocycles. The first-order chi connectivity index (χ1) is 13.1. The first-order valence-electron chi connectivity index (χ1n) is 9.32. The lowest BCUT2D eigenvalue weighted by Gasteiger charge is -2.31. The molecule has 0 spiro atoms. The average Bonchev–Trinajstić information content (AvgIpc) is 2.64. The Morgan fingerprint density at radius 1 is 1.04 bits per heavy atom. The molecule has 27 heavy (non-hydrogen) atoms. The van der Waals surface area contributed by atoms with Crippen LogP contribution in [0.3, 0.4) is 0 Å². The normalized spacial score (nSPS) is 19.8. The maximum atomic E-state index is 6.28. The largest absolute Gasteiger partial charge is 0.490 e. The Balaban J connectivity index is 1.47. The third-order valence-corrected chi connectivity index (χ3v) is 5.59. The topological polar surface area (TPSA) is 34.1 Å². The molecule has 1 aliphatic rings. The molecule has 0 saturated heterocycles. The van der Waals surface area contributed by atoms with E-state index in [1.165, 1.54) is 0 Å². The predicted octanol–water partition coefficient (Wildman–Crippen LogP) is 6.65. The lowest BCUT2D eigenvalue weighted by Crippen LogP contribution is -2.33. The number of aryl methyl sites for hydroxylation is 1. The Morgan fingerprint density at radius 3 is 2.70 bits per heavy atom. The number of ether oxygens (including phenoxy) is 1. The van der Waals surface area contributed by atoms with Gasteiger partial charge >= 0.3 is 0 Å². The standard InChI is InChI=1S/C22H22Cl2N2O/c1-14-11-15(23)6-8-22(14)27-18-4-2-3-17(13-18)26-20-9-10-25-21-12-16(24)5-7-19(20)21/h5-12,17-18H,2-4,13H2,1H3,(H,25,26). The highest BCUT2D eigenvalue weighted by molar-refractivity contribution is 6.31. The van der Waals surface area contributed by atoms with Gasteiger partial charge in [0.1, 0.15) is 11.9 Å². The third-order valence-electron chi connectivity index (χ3n) is 5.12. The summed E-state index contributed by atoms with van der Waals surface area (Å²) in [4.78, 5) is 4.42. The van der Waals surface area contributed by atoms with Gasteiger partial charge in [0.2, 0.25) is 0 Å². The Bertz CT molecular complexity index is 960. The lowest BCUT2D eigenvalue weighted by atomic mass is 9.92. The van der Waals surface area contributed by atoms with Crippen LogP contribution in [-0.4, -0.2) is 17.1 Å². The van der Waals surface area contributed by atoms with Crippen molar-refractivity contribution in [2.45, 2.75) is 44.8 Å². The van der Waals surface area contributed by atoms with Gasteiger partial charge in [0.05, 0.1) is 5.52 Å². The maximum Gasteiger partial charge on any atom is 0.122 e. The molecular weight excluding hydrogens is 379 g/mol. The minimum absolute atomic E-state index is 0.207. The molecule has 2 unspecified atom stereocenters. The molecule has 1 fully saturated rings. The van der Waals surface area contributed by atoms with Crippen LogP contribution in [0.2, 0.25) is 10.0 Å². The van der Waals surface area contributed by atoms with E-state index in [1.807, 2.05) is 55.6 Å². The Kier molecular flexibility index (Phi) is 5.42. The molecule has 3 aromatic rings. The molecule has 4 rings (SSSR count). The first-order valence-corrected chi connectivity index (χ1v) is 10.1. The summed E-state index contributed by atoms with van der Waals surface area (Å²) in [5.41, 5.74) is 3.09. The molecule has 5 heteroatoms. The van der Waals surface area contributed by atoms with E-state index in [2.05, 4.69) is 10.3 Å². The molecule has 0 bridgehead atoms. The van der Waals surface area contributed by atoms with Gasteiger partial charge in [-0.25, -0.2) is 0 Å². The van der Waals surface area contributed by atoms with E-state index in [-0.39, 0.29) is 6.10 Å². The molecule has 1 N–H and O–H groups in total. The minimum Gasteiger partial charge on any atom is -0.490 e. The van der Waals surface area contributed by atoms with Crippen molar-refractivity contribution in [3.63, 3.8) is 0 Å². The summed E-state index contributed by atoms with van der Waals surface area (Å²) in [5.74, 6) is 0.925. The van der Waals surface area contributed by atoms with Crippen LogP contribution < -0.4 is 10.1 Å². The van der Waals surface area contributed by atoms with Crippen molar-refractivity contribution in [3.05, 3.63) is 64.3 Å². The van der Waals surface area contributed by atoms with Gasteiger partial charge in [-0.1, -0.05) is 23.2 Å². The second-order valence-electron chi connectivity index (χ2n) is 7.18. The molecule has 2 aromatic carbocycles. The highest BCUT2D eigenvalue weighted by Gasteiger charge is 2.24. The Hall–Kier alpha value is -1.97. The number of hydrogen-bond acceptors (Lipinski definition) is 3. The zero-order valence-electron chi connectivity index (χ0n) is 15.2.